The van der Waals surface area contributed by atoms with E-state index >= 15 is 0 Å². The largest absolute Gasteiger partial charge is 0.481 e. The number of carbonyl (C=O) groups is 1. The van der Waals surface area contributed by atoms with Crippen LogP contribution in [0.4, 0.5) is 13.2 Å². The van der Waals surface area contributed by atoms with Crippen LogP contribution in [0.25, 0.3) is 0 Å². The number of aryl methyl sites for hydroxylation is 1. The molecule has 0 fully saturated rings. The highest BCUT2D eigenvalue weighted by atomic mass is 19.4. The summed E-state index contributed by atoms with van der Waals surface area (Å²) in [7, 11) is 0. The number of hydrogen-bond acceptors (Lipinski definition) is 1. The number of carboxylic acids is 1. The first-order chi connectivity index (χ1) is 9.20. The number of halogens is 3. The summed E-state index contributed by atoms with van der Waals surface area (Å²) in [6, 6.07) is 6.37. The molecular formula is C15H19F3O2. The molecule has 0 aliphatic heterocycles. The van der Waals surface area contributed by atoms with Crippen LogP contribution in [0.15, 0.2) is 24.3 Å². The average molecular weight is 288 g/mol. The van der Waals surface area contributed by atoms with Crippen molar-refractivity contribution in [1.29, 1.82) is 0 Å². The molecule has 0 radical (unpaired) electrons. The Kier molecular flexibility index (Phi) is 4.84. The van der Waals surface area contributed by atoms with Gasteiger partial charge in [0.1, 0.15) is 5.41 Å². The molecule has 112 valence electrons. The van der Waals surface area contributed by atoms with Crippen molar-refractivity contribution in [3.63, 3.8) is 0 Å². The van der Waals surface area contributed by atoms with E-state index in [1.54, 1.807) is 12.1 Å². The van der Waals surface area contributed by atoms with Crippen molar-refractivity contribution in [1.82, 2.24) is 0 Å². The first-order valence-corrected chi connectivity index (χ1v) is 6.59. The minimum atomic E-state index is -4.56. The van der Waals surface area contributed by atoms with Crippen LogP contribution in [-0.2, 0) is 16.6 Å². The third kappa shape index (κ3) is 2.81. The van der Waals surface area contributed by atoms with Crippen molar-refractivity contribution in [3.8, 4) is 0 Å². The predicted octanol–water partition coefficient (Wildman–Crippen LogP) is 4.18. The van der Waals surface area contributed by atoms with Gasteiger partial charge in [-0.15, -0.1) is 0 Å². The van der Waals surface area contributed by atoms with Crippen molar-refractivity contribution < 1.29 is 23.1 Å². The van der Waals surface area contributed by atoms with Gasteiger partial charge >= 0.3 is 12.1 Å². The molecule has 2 nitrogen and oxygen atoms in total. The normalized spacial score (nSPS) is 16.5. The first-order valence-electron chi connectivity index (χ1n) is 6.59. The molecule has 0 spiro atoms. The van der Waals surface area contributed by atoms with E-state index in [0.717, 1.165) is 18.9 Å². The summed E-state index contributed by atoms with van der Waals surface area (Å²) in [4.78, 5) is 11.6. The minimum Gasteiger partial charge on any atom is -0.481 e. The van der Waals surface area contributed by atoms with Gasteiger partial charge in [-0.25, -0.2) is 0 Å². The van der Waals surface area contributed by atoms with Gasteiger partial charge in [-0.2, -0.15) is 13.2 Å². The molecule has 1 rings (SSSR count). The highest BCUT2D eigenvalue weighted by Gasteiger charge is 2.55. The third-order valence-corrected chi connectivity index (χ3v) is 4.05. The molecule has 0 aliphatic rings. The maximum Gasteiger partial charge on any atom is 0.392 e. The lowest BCUT2D eigenvalue weighted by Gasteiger charge is -2.36. The molecular weight excluding hydrogens is 269 g/mol. The highest BCUT2D eigenvalue weighted by Crippen LogP contribution is 2.44. The lowest BCUT2D eigenvalue weighted by Crippen LogP contribution is -2.47. The Hall–Kier alpha value is -1.52. The number of rotatable bonds is 5. The summed E-state index contributed by atoms with van der Waals surface area (Å²) < 4.78 is 39.2. The Balaban J connectivity index is 3.40. The van der Waals surface area contributed by atoms with Crippen molar-refractivity contribution in [3.05, 3.63) is 35.4 Å². The first kappa shape index (κ1) is 16.5. The Labute approximate surface area is 116 Å². The predicted molar refractivity (Wildman–Crippen MR) is 70.6 cm³/mol. The molecule has 0 aromatic heterocycles. The summed E-state index contributed by atoms with van der Waals surface area (Å²) in [5.41, 5.74) is -0.775. The quantitative estimate of drug-likeness (QED) is 0.882. The fourth-order valence-corrected chi connectivity index (χ4v) is 2.54. The molecule has 20 heavy (non-hydrogen) atoms. The van der Waals surface area contributed by atoms with Crippen LogP contribution >= 0.6 is 0 Å². The standard InChI is InChI=1S/C15H19F3O2/c1-4-11-6-8-12(9-7-11)14(5-2,13(19)20)10(3)15(16,17)18/h6-10H,4-5H2,1-3H3,(H,19,20)/t10-,14?/m1/s1. The summed E-state index contributed by atoms with van der Waals surface area (Å²) in [6.45, 7) is 4.34. The van der Waals surface area contributed by atoms with Crippen LogP contribution in [0.3, 0.4) is 0 Å². The number of carboxylic acid groups (broad SMARTS) is 1. The molecule has 1 unspecified atom stereocenters. The fraction of sp³-hybridized carbons (Fsp3) is 0.533. The van der Waals surface area contributed by atoms with Crippen LogP contribution in [0.1, 0.15) is 38.3 Å². The molecule has 2 atom stereocenters. The second kappa shape index (κ2) is 5.85. The van der Waals surface area contributed by atoms with Gasteiger partial charge in [-0.05, 0) is 24.0 Å². The van der Waals surface area contributed by atoms with Crippen LogP contribution in [0.5, 0.6) is 0 Å². The number of benzene rings is 1. The highest BCUT2D eigenvalue weighted by molar-refractivity contribution is 5.82. The smallest absolute Gasteiger partial charge is 0.392 e. The van der Waals surface area contributed by atoms with Gasteiger partial charge in [0.25, 0.3) is 0 Å². The SMILES string of the molecule is CCc1ccc(C(CC)(C(=O)O)[C@@H](C)C(F)(F)F)cc1. The van der Waals surface area contributed by atoms with E-state index in [4.69, 9.17) is 0 Å². The second-order valence-corrected chi connectivity index (χ2v) is 4.94. The van der Waals surface area contributed by atoms with Crippen LogP contribution in [0, 0.1) is 5.92 Å². The van der Waals surface area contributed by atoms with Crippen molar-refractivity contribution in [2.24, 2.45) is 5.92 Å². The molecule has 0 bridgehead atoms. The van der Waals surface area contributed by atoms with Crippen molar-refractivity contribution in [2.45, 2.75) is 45.2 Å². The fourth-order valence-electron chi connectivity index (χ4n) is 2.54. The van der Waals surface area contributed by atoms with Gasteiger partial charge in [0, 0.05) is 0 Å². The molecule has 0 aliphatic carbocycles. The van der Waals surface area contributed by atoms with Crippen LogP contribution < -0.4 is 0 Å². The van der Waals surface area contributed by atoms with Crippen LogP contribution in [-0.4, -0.2) is 17.3 Å². The lowest BCUT2D eigenvalue weighted by molar-refractivity contribution is -0.198. The third-order valence-electron chi connectivity index (χ3n) is 4.05. The average Bonchev–Trinajstić information content (AvgIpc) is 2.39. The zero-order chi connectivity index (χ0) is 15.6. The maximum atomic E-state index is 13.1. The Morgan fingerprint density at radius 1 is 1.20 bits per heavy atom. The molecule has 1 N–H and O–H groups in total. The van der Waals surface area contributed by atoms with Gasteiger partial charge in [0.15, 0.2) is 0 Å². The Morgan fingerprint density at radius 2 is 1.70 bits per heavy atom. The van der Waals surface area contributed by atoms with Crippen molar-refractivity contribution >= 4 is 5.97 Å². The van der Waals surface area contributed by atoms with Crippen molar-refractivity contribution in [2.75, 3.05) is 0 Å². The van der Waals surface area contributed by atoms with E-state index in [9.17, 15) is 23.1 Å². The van der Waals surface area contributed by atoms with E-state index in [1.165, 1.54) is 19.1 Å². The minimum absolute atomic E-state index is 0.117. The zero-order valence-electron chi connectivity index (χ0n) is 11.8. The second-order valence-electron chi connectivity index (χ2n) is 4.94. The van der Waals surface area contributed by atoms with E-state index in [0.29, 0.717) is 0 Å². The number of alkyl halides is 3. The van der Waals surface area contributed by atoms with Gasteiger partial charge < -0.3 is 5.11 Å². The molecule has 0 amide bonds. The van der Waals surface area contributed by atoms with E-state index in [-0.39, 0.29) is 12.0 Å². The summed E-state index contributed by atoms with van der Waals surface area (Å²) in [6.07, 6.45) is -3.92. The maximum absolute atomic E-state index is 13.1. The van der Waals surface area contributed by atoms with Gasteiger partial charge in [0.2, 0.25) is 0 Å². The van der Waals surface area contributed by atoms with E-state index in [1.807, 2.05) is 6.92 Å². The lowest BCUT2D eigenvalue weighted by atomic mass is 9.68. The number of aliphatic carboxylic acids is 1. The van der Waals surface area contributed by atoms with E-state index in [2.05, 4.69) is 0 Å². The molecule has 0 saturated carbocycles. The summed E-state index contributed by atoms with van der Waals surface area (Å²) in [5, 5.41) is 9.44. The summed E-state index contributed by atoms with van der Waals surface area (Å²) >= 11 is 0. The number of hydrogen-bond donors (Lipinski definition) is 1. The molecule has 0 heterocycles. The Morgan fingerprint density at radius 3 is 2.00 bits per heavy atom. The topological polar surface area (TPSA) is 37.3 Å². The van der Waals surface area contributed by atoms with Gasteiger partial charge in [-0.3, -0.25) is 4.79 Å². The molecule has 1 aromatic carbocycles. The van der Waals surface area contributed by atoms with Crippen LogP contribution in [0.2, 0.25) is 0 Å². The zero-order valence-corrected chi connectivity index (χ0v) is 11.8. The van der Waals surface area contributed by atoms with Gasteiger partial charge in [-0.1, -0.05) is 45.0 Å². The monoisotopic (exact) mass is 288 g/mol. The Bertz CT molecular complexity index is 465. The van der Waals surface area contributed by atoms with Gasteiger partial charge in [0.05, 0.1) is 5.92 Å². The summed E-state index contributed by atoms with van der Waals surface area (Å²) in [5.74, 6) is -3.39. The molecule has 5 heteroatoms. The van der Waals surface area contributed by atoms with E-state index < -0.39 is 23.5 Å². The molecule has 1 aromatic rings. The molecule has 0 saturated heterocycles.